The molecule has 0 saturated heterocycles. The second-order valence-electron chi connectivity index (χ2n) is 17.5. The lowest BCUT2D eigenvalue weighted by Crippen LogP contribution is -2.17. The van der Waals surface area contributed by atoms with Crippen LogP contribution in [0.25, 0.3) is 22.3 Å². The number of aromatic nitrogens is 4. The average molecular weight is 1090 g/mol. The first kappa shape index (κ1) is 53.1. The van der Waals surface area contributed by atoms with Crippen molar-refractivity contribution in [1.82, 2.24) is 19.9 Å². The maximum absolute atomic E-state index is 13.5. The zero-order valence-electron chi connectivity index (χ0n) is 39.1. The molecule has 0 radical (unpaired) electrons. The molecule has 392 valence electrons. The number of benzene rings is 6. The van der Waals surface area contributed by atoms with E-state index in [1.54, 1.807) is 12.1 Å². The van der Waals surface area contributed by atoms with Crippen LogP contribution in [0, 0.1) is 23.3 Å². The van der Waals surface area contributed by atoms with E-state index in [1.165, 1.54) is 84.9 Å². The second-order valence-corrected chi connectivity index (χ2v) is 21.5. The van der Waals surface area contributed by atoms with Gasteiger partial charge in [-0.15, -0.1) is 0 Å². The van der Waals surface area contributed by atoms with Crippen molar-refractivity contribution in [2.75, 3.05) is 13.2 Å². The number of alkyl halides is 6. The van der Waals surface area contributed by atoms with Crippen LogP contribution in [0.4, 0.5) is 43.9 Å². The summed E-state index contributed by atoms with van der Waals surface area (Å²) in [7, 11) is -7.81. The van der Waals surface area contributed by atoms with Crippen molar-refractivity contribution >= 4 is 19.7 Å². The third kappa shape index (κ3) is 11.9. The Morgan fingerprint density at radius 1 is 0.434 bits per heavy atom. The third-order valence-corrected chi connectivity index (χ3v) is 15.8. The zero-order chi connectivity index (χ0) is 54.2. The molecule has 10 rings (SSSR count). The molecule has 2 atom stereocenters. The molecule has 8 aromatic rings. The van der Waals surface area contributed by atoms with E-state index in [1.807, 2.05) is 0 Å². The lowest BCUT2D eigenvalue weighted by molar-refractivity contribution is -0.138. The second kappa shape index (κ2) is 21.1. The summed E-state index contributed by atoms with van der Waals surface area (Å²) in [6.45, 7) is 0.401. The highest BCUT2D eigenvalue weighted by molar-refractivity contribution is 7.91. The summed E-state index contributed by atoms with van der Waals surface area (Å²) in [6.07, 6.45) is -4.77. The highest BCUT2D eigenvalue weighted by atomic mass is 32.2. The van der Waals surface area contributed by atoms with Crippen molar-refractivity contribution in [3.05, 3.63) is 214 Å². The first-order valence-electron chi connectivity index (χ1n) is 22.9. The van der Waals surface area contributed by atoms with E-state index in [4.69, 9.17) is 9.47 Å². The van der Waals surface area contributed by atoms with Crippen LogP contribution >= 0.6 is 0 Å². The van der Waals surface area contributed by atoms with Crippen molar-refractivity contribution in [1.29, 1.82) is 0 Å². The monoisotopic (exact) mass is 1090 g/mol. The SMILES string of the molecule is O=S(=O)(Cc1ncc(F)cn1)c1ccc2c(c1)OCC[C@@H]2c1ccc(C(F)(F)F)cc1-c1ccc(F)cc1.O=S(=O)(Cc1ncc(F)cn1)c1ccc2c(c1)OCC[C@H]2c1ccc(C(F)(F)F)cc1-c1ccc(F)cc1. The predicted molar refractivity (Wildman–Crippen MR) is 256 cm³/mol. The minimum atomic E-state index is -4.57. The van der Waals surface area contributed by atoms with Crippen molar-refractivity contribution in [2.24, 2.45) is 0 Å². The molecular weight excluding hydrogens is 1050 g/mol. The Bertz CT molecular complexity index is 3420. The number of rotatable bonds is 10. The molecule has 6 aromatic carbocycles. The number of hydrogen-bond donors (Lipinski definition) is 0. The number of sulfone groups is 2. The molecule has 2 aromatic heterocycles. The highest BCUT2D eigenvalue weighted by Crippen LogP contribution is 2.47. The fourth-order valence-electron chi connectivity index (χ4n) is 8.94. The lowest BCUT2D eigenvalue weighted by Gasteiger charge is -2.29. The summed E-state index contributed by atoms with van der Waals surface area (Å²) in [5.41, 5.74) is 2.11. The van der Waals surface area contributed by atoms with Crippen LogP contribution in [0.15, 0.2) is 156 Å². The molecule has 2 aliphatic heterocycles. The minimum absolute atomic E-state index is 0.0593. The van der Waals surface area contributed by atoms with Gasteiger partial charge in [0.15, 0.2) is 31.3 Å². The largest absolute Gasteiger partial charge is 0.493 e. The van der Waals surface area contributed by atoms with Crippen LogP contribution in [0.3, 0.4) is 0 Å². The van der Waals surface area contributed by atoms with Crippen LogP contribution in [0.5, 0.6) is 11.5 Å². The number of halogens is 10. The van der Waals surface area contributed by atoms with Gasteiger partial charge in [0.1, 0.15) is 46.3 Å². The van der Waals surface area contributed by atoms with Gasteiger partial charge in [-0.05, 0) is 119 Å². The Morgan fingerprint density at radius 3 is 1.12 bits per heavy atom. The molecule has 0 amide bonds. The minimum Gasteiger partial charge on any atom is -0.493 e. The van der Waals surface area contributed by atoms with Gasteiger partial charge < -0.3 is 9.47 Å². The number of nitrogens with zero attached hydrogens (tertiary/aromatic N) is 4. The van der Waals surface area contributed by atoms with E-state index >= 15 is 0 Å². The quantitative estimate of drug-likeness (QED) is 0.122. The van der Waals surface area contributed by atoms with E-state index in [0.29, 0.717) is 57.3 Å². The fourth-order valence-corrected chi connectivity index (χ4v) is 11.4. The summed E-state index contributed by atoms with van der Waals surface area (Å²) >= 11 is 0. The Labute approximate surface area is 427 Å². The normalized spacial score (nSPS) is 15.6. The molecule has 0 fully saturated rings. The summed E-state index contributed by atoms with van der Waals surface area (Å²) in [5, 5.41) is 0. The standard InChI is InChI=1S/2C27H19F5N2O3S/c2*28-18-4-1-16(2-5-18)24-11-17(27(30,31)32)3-7-21(24)22-9-10-37-25-12-20(6-8-23(22)25)38(35,36)15-26-33-13-19(29)14-34-26/h2*1-8,11-14,22H,9-10,15H2/t2*22-/m10/s1. The van der Waals surface area contributed by atoms with Gasteiger partial charge in [0.05, 0.1) is 58.9 Å². The lowest BCUT2D eigenvalue weighted by atomic mass is 9.82. The van der Waals surface area contributed by atoms with Gasteiger partial charge in [-0.2, -0.15) is 26.3 Å². The van der Waals surface area contributed by atoms with Crippen molar-refractivity contribution in [3.63, 3.8) is 0 Å². The van der Waals surface area contributed by atoms with E-state index in [2.05, 4.69) is 19.9 Å². The highest BCUT2D eigenvalue weighted by Gasteiger charge is 2.35. The molecule has 10 nitrogen and oxygen atoms in total. The van der Waals surface area contributed by atoms with E-state index < -0.39 is 89.8 Å². The third-order valence-electron chi connectivity index (χ3n) is 12.6. The summed E-state index contributed by atoms with van der Waals surface area (Å²) in [5.74, 6) is -3.90. The maximum atomic E-state index is 13.5. The zero-order valence-corrected chi connectivity index (χ0v) is 40.7. The van der Waals surface area contributed by atoms with Crippen LogP contribution < -0.4 is 9.47 Å². The predicted octanol–water partition coefficient (Wildman–Crippen LogP) is 12.7. The Morgan fingerprint density at radius 2 is 0.776 bits per heavy atom. The Kier molecular flexibility index (Phi) is 14.8. The van der Waals surface area contributed by atoms with E-state index in [0.717, 1.165) is 49.1 Å². The van der Waals surface area contributed by atoms with Crippen molar-refractivity contribution < 1.29 is 70.2 Å². The molecule has 4 heterocycles. The van der Waals surface area contributed by atoms with Crippen LogP contribution in [-0.4, -0.2) is 50.0 Å². The molecular formula is C54H38F10N4O6S2. The molecule has 0 spiro atoms. The summed E-state index contributed by atoms with van der Waals surface area (Å²) in [6, 6.07) is 25.9. The Balaban J connectivity index is 0.000000186. The first-order chi connectivity index (χ1) is 36.0. The topological polar surface area (TPSA) is 138 Å². The van der Waals surface area contributed by atoms with Gasteiger partial charge in [-0.1, -0.05) is 48.5 Å². The molecule has 76 heavy (non-hydrogen) atoms. The molecule has 2 aliphatic rings. The van der Waals surface area contributed by atoms with E-state index in [9.17, 15) is 60.7 Å². The number of fused-ring (bicyclic) bond motifs is 2. The van der Waals surface area contributed by atoms with Gasteiger partial charge in [0, 0.05) is 23.0 Å². The van der Waals surface area contributed by atoms with Crippen molar-refractivity contribution in [3.8, 4) is 33.8 Å². The van der Waals surface area contributed by atoms with Gasteiger partial charge in [0.2, 0.25) is 0 Å². The summed E-state index contributed by atoms with van der Waals surface area (Å²) in [4.78, 5) is 14.7. The van der Waals surface area contributed by atoms with Crippen LogP contribution in [-0.2, 0) is 43.5 Å². The molecule has 0 bridgehead atoms. The maximum Gasteiger partial charge on any atom is 0.416 e. The van der Waals surface area contributed by atoms with Crippen LogP contribution in [0.2, 0.25) is 0 Å². The fraction of sp³-hybridized carbons (Fsp3) is 0.185. The van der Waals surface area contributed by atoms with Gasteiger partial charge in [0.25, 0.3) is 0 Å². The smallest absolute Gasteiger partial charge is 0.416 e. The molecule has 0 N–H and O–H groups in total. The van der Waals surface area contributed by atoms with Gasteiger partial charge in [-0.3, -0.25) is 0 Å². The number of ether oxygens (including phenoxy) is 2. The first-order valence-corrected chi connectivity index (χ1v) is 26.2. The van der Waals surface area contributed by atoms with Gasteiger partial charge >= 0.3 is 12.4 Å². The van der Waals surface area contributed by atoms with Crippen LogP contribution in [0.1, 0.15) is 69.7 Å². The van der Waals surface area contributed by atoms with E-state index in [-0.39, 0.29) is 46.2 Å². The molecule has 0 saturated carbocycles. The van der Waals surface area contributed by atoms with Crippen molar-refractivity contribution in [2.45, 2.75) is 58.3 Å². The average Bonchev–Trinajstić information content (AvgIpc) is 3.40. The molecule has 0 aliphatic carbocycles. The Hall–Kier alpha value is -7.72. The number of hydrogen-bond acceptors (Lipinski definition) is 10. The molecule has 0 unspecified atom stereocenters. The van der Waals surface area contributed by atoms with Gasteiger partial charge in [-0.25, -0.2) is 54.3 Å². The summed E-state index contributed by atoms with van der Waals surface area (Å²) < 4.78 is 198. The molecule has 22 heteroatoms.